The molecule has 22 heavy (non-hydrogen) atoms. The molecular formula is C18H20ClN3. The van der Waals surface area contributed by atoms with Gasteiger partial charge in [0.25, 0.3) is 0 Å². The number of fused-ring (bicyclic) bond motifs is 1. The molecule has 4 heteroatoms. The van der Waals surface area contributed by atoms with Gasteiger partial charge in [-0.3, -0.25) is 4.98 Å². The van der Waals surface area contributed by atoms with E-state index in [1.54, 1.807) is 0 Å². The number of halogens is 1. The molecule has 0 spiro atoms. The lowest BCUT2D eigenvalue weighted by molar-refractivity contribution is 0.447. The molecule has 1 N–H and O–H groups in total. The first-order chi connectivity index (χ1) is 10.6. The number of aromatic nitrogens is 1. The summed E-state index contributed by atoms with van der Waals surface area (Å²) in [6.07, 6.45) is 3.98. The average Bonchev–Trinajstić information content (AvgIpc) is 2.69. The Morgan fingerprint density at radius 1 is 1.23 bits per heavy atom. The van der Waals surface area contributed by atoms with Gasteiger partial charge in [0.2, 0.25) is 0 Å². The highest BCUT2D eigenvalue weighted by atomic mass is 35.5. The van der Waals surface area contributed by atoms with E-state index < -0.39 is 0 Å². The number of hydrogen-bond donors (Lipinski definition) is 1. The summed E-state index contributed by atoms with van der Waals surface area (Å²) in [7, 11) is 0. The molecule has 3 nitrogen and oxygen atoms in total. The van der Waals surface area contributed by atoms with E-state index in [1.165, 1.54) is 22.4 Å². The van der Waals surface area contributed by atoms with Crippen LogP contribution < -0.4 is 10.2 Å². The topological polar surface area (TPSA) is 28.2 Å². The predicted octanol–water partition coefficient (Wildman–Crippen LogP) is 3.68. The van der Waals surface area contributed by atoms with Gasteiger partial charge in [0.15, 0.2) is 0 Å². The first kappa shape index (κ1) is 14.0. The van der Waals surface area contributed by atoms with Crippen molar-refractivity contribution in [1.29, 1.82) is 0 Å². The third-order valence-corrected chi connectivity index (χ3v) is 5.28. The molecular weight excluding hydrogens is 294 g/mol. The third-order valence-electron chi connectivity index (χ3n) is 5.04. The Morgan fingerprint density at radius 2 is 2.05 bits per heavy atom. The summed E-state index contributed by atoms with van der Waals surface area (Å²) in [6.45, 7) is 7.54. The second-order valence-corrected chi connectivity index (χ2v) is 7.21. The maximum atomic E-state index is 6.20. The van der Waals surface area contributed by atoms with Crippen molar-refractivity contribution < 1.29 is 0 Å². The van der Waals surface area contributed by atoms with E-state index >= 15 is 0 Å². The highest BCUT2D eigenvalue weighted by Gasteiger charge is 2.37. The minimum atomic E-state index is -0.0710. The van der Waals surface area contributed by atoms with Crippen molar-refractivity contribution in [3.05, 3.63) is 58.4 Å². The number of rotatable bonds is 2. The number of anilines is 1. The van der Waals surface area contributed by atoms with Crippen molar-refractivity contribution in [2.45, 2.75) is 31.8 Å². The first-order valence-corrected chi connectivity index (χ1v) is 8.16. The molecule has 114 valence electrons. The Kier molecular flexibility index (Phi) is 3.17. The highest BCUT2D eigenvalue weighted by molar-refractivity contribution is 6.30. The second kappa shape index (κ2) is 4.97. The van der Waals surface area contributed by atoms with Gasteiger partial charge in [-0.2, -0.15) is 0 Å². The maximum absolute atomic E-state index is 6.20. The lowest BCUT2D eigenvalue weighted by atomic mass is 9.92. The van der Waals surface area contributed by atoms with Crippen LogP contribution in [0.5, 0.6) is 0 Å². The van der Waals surface area contributed by atoms with Crippen LogP contribution in [-0.2, 0) is 12.1 Å². The molecule has 3 heterocycles. The van der Waals surface area contributed by atoms with Gasteiger partial charge in [-0.25, -0.2) is 0 Å². The molecule has 0 saturated carbocycles. The van der Waals surface area contributed by atoms with E-state index in [1.807, 2.05) is 18.5 Å². The Balaban J connectivity index is 1.72. The van der Waals surface area contributed by atoms with Crippen LogP contribution in [0.2, 0.25) is 5.02 Å². The van der Waals surface area contributed by atoms with Crippen molar-refractivity contribution in [1.82, 2.24) is 10.3 Å². The zero-order valence-corrected chi connectivity index (χ0v) is 13.7. The summed E-state index contributed by atoms with van der Waals surface area (Å²) in [4.78, 5) is 6.91. The van der Waals surface area contributed by atoms with Crippen LogP contribution in [0.3, 0.4) is 0 Å². The van der Waals surface area contributed by atoms with Gasteiger partial charge in [-0.05, 0) is 48.7 Å². The fourth-order valence-corrected chi connectivity index (χ4v) is 3.70. The molecule has 0 atom stereocenters. The van der Waals surface area contributed by atoms with Crippen molar-refractivity contribution in [3.8, 4) is 0 Å². The van der Waals surface area contributed by atoms with Crippen molar-refractivity contribution >= 4 is 17.3 Å². The zero-order valence-electron chi connectivity index (χ0n) is 12.9. The molecule has 0 bridgehead atoms. The number of pyridine rings is 1. The highest BCUT2D eigenvalue weighted by Crippen LogP contribution is 2.43. The Labute approximate surface area is 136 Å². The van der Waals surface area contributed by atoms with E-state index in [-0.39, 0.29) is 5.54 Å². The Hall–Kier alpha value is -1.58. The van der Waals surface area contributed by atoms with E-state index in [9.17, 15) is 0 Å². The van der Waals surface area contributed by atoms with Crippen molar-refractivity contribution in [2.75, 3.05) is 18.0 Å². The van der Waals surface area contributed by atoms with Crippen molar-refractivity contribution in [3.63, 3.8) is 0 Å². The maximum Gasteiger partial charge on any atom is 0.0605 e. The summed E-state index contributed by atoms with van der Waals surface area (Å²) in [5, 5.41) is 4.14. The predicted molar refractivity (Wildman–Crippen MR) is 90.5 cm³/mol. The number of hydrogen-bond acceptors (Lipinski definition) is 3. The molecule has 0 amide bonds. The molecule has 0 aliphatic carbocycles. The van der Waals surface area contributed by atoms with E-state index in [0.29, 0.717) is 5.92 Å². The fourth-order valence-electron chi connectivity index (χ4n) is 3.52. The van der Waals surface area contributed by atoms with Gasteiger partial charge >= 0.3 is 0 Å². The Bertz CT molecular complexity index is 722. The number of nitrogens with one attached hydrogen (secondary N) is 1. The summed E-state index contributed by atoms with van der Waals surface area (Å²) < 4.78 is 0. The first-order valence-electron chi connectivity index (χ1n) is 7.78. The molecule has 1 fully saturated rings. The van der Waals surface area contributed by atoms with Crippen LogP contribution in [-0.4, -0.2) is 18.1 Å². The number of benzene rings is 1. The molecule has 2 aliphatic rings. The van der Waals surface area contributed by atoms with Crippen LogP contribution in [0.4, 0.5) is 5.69 Å². The van der Waals surface area contributed by atoms with Crippen LogP contribution in [0.1, 0.15) is 36.5 Å². The molecule has 1 aromatic heterocycles. The molecule has 1 aromatic carbocycles. The van der Waals surface area contributed by atoms with Crippen molar-refractivity contribution in [2.24, 2.45) is 0 Å². The molecule has 0 radical (unpaired) electrons. The van der Waals surface area contributed by atoms with Gasteiger partial charge < -0.3 is 10.2 Å². The zero-order chi connectivity index (χ0) is 15.3. The SMILES string of the molecule is CC1(C)c2cc(Cl)ccc2CN1c1cncc(C2CNC2)c1. The van der Waals surface area contributed by atoms with Crippen LogP contribution in [0.25, 0.3) is 0 Å². The molecule has 2 aliphatic heterocycles. The minimum absolute atomic E-state index is 0.0710. The number of nitrogens with zero attached hydrogens (tertiary/aromatic N) is 2. The molecule has 2 aromatic rings. The normalized spacial score (nSPS) is 19.9. The van der Waals surface area contributed by atoms with Gasteiger partial charge in [0, 0.05) is 36.8 Å². The standard InChI is InChI=1S/C18H20ClN3/c1-18(2)17-6-15(19)4-3-12(17)11-22(18)16-5-13(7-21-10-16)14-8-20-9-14/h3-7,10,14,20H,8-9,11H2,1-2H3. The quantitative estimate of drug-likeness (QED) is 0.916. The smallest absolute Gasteiger partial charge is 0.0605 e. The average molecular weight is 314 g/mol. The molecule has 1 saturated heterocycles. The van der Waals surface area contributed by atoms with E-state index in [0.717, 1.165) is 24.7 Å². The summed E-state index contributed by atoms with van der Waals surface area (Å²) >= 11 is 6.20. The monoisotopic (exact) mass is 313 g/mol. The van der Waals surface area contributed by atoms with Crippen LogP contribution in [0.15, 0.2) is 36.7 Å². The second-order valence-electron chi connectivity index (χ2n) is 6.78. The van der Waals surface area contributed by atoms with Crippen LogP contribution in [0, 0.1) is 0 Å². The van der Waals surface area contributed by atoms with E-state index in [2.05, 4.69) is 47.2 Å². The van der Waals surface area contributed by atoms with Gasteiger partial charge in [0.05, 0.1) is 17.4 Å². The lowest BCUT2D eigenvalue weighted by Gasteiger charge is -2.35. The summed E-state index contributed by atoms with van der Waals surface area (Å²) in [5.41, 5.74) is 5.13. The lowest BCUT2D eigenvalue weighted by Crippen LogP contribution is -2.40. The third kappa shape index (κ3) is 2.11. The van der Waals surface area contributed by atoms with Gasteiger partial charge in [-0.1, -0.05) is 17.7 Å². The minimum Gasteiger partial charge on any atom is -0.357 e. The summed E-state index contributed by atoms with van der Waals surface area (Å²) in [6, 6.07) is 8.53. The van der Waals surface area contributed by atoms with Gasteiger partial charge in [0.1, 0.15) is 0 Å². The molecule has 4 rings (SSSR count). The van der Waals surface area contributed by atoms with E-state index in [4.69, 9.17) is 11.6 Å². The summed E-state index contributed by atoms with van der Waals surface area (Å²) in [5.74, 6) is 0.606. The Morgan fingerprint density at radius 3 is 2.77 bits per heavy atom. The van der Waals surface area contributed by atoms with Gasteiger partial charge in [-0.15, -0.1) is 0 Å². The largest absolute Gasteiger partial charge is 0.357 e. The van der Waals surface area contributed by atoms with Crippen LogP contribution >= 0.6 is 11.6 Å². The molecule has 0 unspecified atom stereocenters. The fraction of sp³-hybridized carbons (Fsp3) is 0.389.